The Balaban J connectivity index is 2.04. The van der Waals surface area contributed by atoms with E-state index in [-0.39, 0.29) is 11.8 Å². The van der Waals surface area contributed by atoms with Crippen molar-refractivity contribution in [2.24, 2.45) is 11.3 Å². The normalized spacial score (nSPS) is 17.5. The molecule has 0 unspecified atom stereocenters. The third-order valence-corrected chi connectivity index (χ3v) is 3.19. The molecule has 0 bridgehead atoms. The number of hydrogen-bond donors (Lipinski definition) is 2. The molecule has 0 radical (unpaired) electrons. The quantitative estimate of drug-likeness (QED) is 0.638. The van der Waals surface area contributed by atoms with Crippen LogP contribution >= 0.6 is 0 Å². The average molecular weight is 213 g/mol. The molecule has 3 heteroatoms. The van der Waals surface area contributed by atoms with Crippen molar-refractivity contribution in [2.45, 2.75) is 46.0 Å². The van der Waals surface area contributed by atoms with Crippen molar-refractivity contribution in [1.82, 2.24) is 5.32 Å². The van der Waals surface area contributed by atoms with Crippen LogP contribution in [-0.4, -0.2) is 24.2 Å². The minimum absolute atomic E-state index is 0.133. The van der Waals surface area contributed by atoms with Gasteiger partial charge in [0.1, 0.15) is 0 Å². The molecule has 3 nitrogen and oxygen atoms in total. The summed E-state index contributed by atoms with van der Waals surface area (Å²) in [6.07, 6.45) is 5.67. The molecule has 0 saturated heterocycles. The third-order valence-electron chi connectivity index (χ3n) is 3.19. The number of hydrogen-bond acceptors (Lipinski definition) is 2. The van der Waals surface area contributed by atoms with Gasteiger partial charge in [-0.25, -0.2) is 0 Å². The van der Waals surface area contributed by atoms with Gasteiger partial charge in [0.25, 0.3) is 0 Å². The largest absolute Gasteiger partial charge is 0.481 e. The van der Waals surface area contributed by atoms with Crippen LogP contribution in [0.2, 0.25) is 0 Å². The van der Waals surface area contributed by atoms with Gasteiger partial charge in [-0.1, -0.05) is 33.1 Å². The lowest BCUT2D eigenvalue weighted by molar-refractivity contribution is -0.139. The highest BCUT2D eigenvalue weighted by atomic mass is 16.4. The predicted octanol–water partition coefficient (Wildman–Crippen LogP) is 2.27. The van der Waals surface area contributed by atoms with E-state index >= 15 is 0 Å². The van der Waals surface area contributed by atoms with Crippen LogP contribution in [0.5, 0.6) is 0 Å². The number of nitrogens with one attached hydrogen (secondary N) is 1. The van der Waals surface area contributed by atoms with Gasteiger partial charge in [-0.3, -0.25) is 4.79 Å². The van der Waals surface area contributed by atoms with Crippen LogP contribution in [0.15, 0.2) is 0 Å². The Labute approximate surface area is 92.3 Å². The van der Waals surface area contributed by atoms with E-state index in [2.05, 4.69) is 5.32 Å². The Morgan fingerprint density at radius 3 is 2.60 bits per heavy atom. The summed E-state index contributed by atoms with van der Waals surface area (Å²) < 4.78 is 0. The van der Waals surface area contributed by atoms with E-state index in [1.54, 1.807) is 0 Å². The van der Waals surface area contributed by atoms with E-state index in [1.807, 2.05) is 13.8 Å². The zero-order valence-electron chi connectivity index (χ0n) is 9.88. The third kappa shape index (κ3) is 5.17. The van der Waals surface area contributed by atoms with E-state index in [0.29, 0.717) is 0 Å². The lowest BCUT2D eigenvalue weighted by Crippen LogP contribution is -2.33. The number of rotatable bonds is 7. The predicted molar refractivity (Wildman–Crippen MR) is 60.9 cm³/mol. The fourth-order valence-electron chi connectivity index (χ4n) is 1.99. The summed E-state index contributed by atoms with van der Waals surface area (Å²) in [6, 6.07) is 0. The van der Waals surface area contributed by atoms with Gasteiger partial charge in [0, 0.05) is 6.54 Å². The minimum atomic E-state index is -0.708. The summed E-state index contributed by atoms with van der Waals surface area (Å²) in [5.41, 5.74) is -0.133. The van der Waals surface area contributed by atoms with Crippen molar-refractivity contribution in [3.63, 3.8) is 0 Å². The first-order chi connectivity index (χ1) is 6.99. The molecule has 1 aliphatic rings. The molecule has 2 N–H and O–H groups in total. The van der Waals surface area contributed by atoms with E-state index in [1.165, 1.54) is 25.7 Å². The van der Waals surface area contributed by atoms with Crippen molar-refractivity contribution in [3.8, 4) is 0 Å². The maximum Gasteiger partial charge on any atom is 0.303 e. The van der Waals surface area contributed by atoms with Gasteiger partial charge in [0.15, 0.2) is 0 Å². The van der Waals surface area contributed by atoms with Crippen LogP contribution in [-0.2, 0) is 4.79 Å². The van der Waals surface area contributed by atoms with E-state index < -0.39 is 5.97 Å². The molecule has 0 heterocycles. The zero-order chi connectivity index (χ0) is 11.3. The first-order valence-electron chi connectivity index (χ1n) is 5.92. The molecule has 0 aromatic carbocycles. The van der Waals surface area contributed by atoms with E-state index in [4.69, 9.17) is 5.11 Å². The zero-order valence-corrected chi connectivity index (χ0v) is 9.88. The Morgan fingerprint density at radius 2 is 2.13 bits per heavy atom. The van der Waals surface area contributed by atoms with Gasteiger partial charge in [-0.15, -0.1) is 0 Å². The van der Waals surface area contributed by atoms with Crippen molar-refractivity contribution in [1.29, 1.82) is 0 Å². The SMILES string of the molecule is CC(C)(CNCCC1CCC1)CC(=O)O. The number of carboxylic acid groups (broad SMARTS) is 1. The second-order valence-corrected chi connectivity index (χ2v) is 5.50. The number of carboxylic acids is 1. The highest BCUT2D eigenvalue weighted by molar-refractivity contribution is 5.67. The Morgan fingerprint density at radius 1 is 1.47 bits per heavy atom. The van der Waals surface area contributed by atoms with Crippen LogP contribution < -0.4 is 5.32 Å². The standard InChI is InChI=1S/C12H23NO2/c1-12(2,8-11(14)15)9-13-7-6-10-4-3-5-10/h10,13H,3-9H2,1-2H3,(H,14,15). The smallest absolute Gasteiger partial charge is 0.303 e. The second kappa shape index (κ2) is 5.50. The molecule has 1 saturated carbocycles. The molecule has 88 valence electrons. The monoisotopic (exact) mass is 213 g/mol. The Hall–Kier alpha value is -0.570. The minimum Gasteiger partial charge on any atom is -0.481 e. The highest BCUT2D eigenvalue weighted by Gasteiger charge is 2.22. The first kappa shape index (κ1) is 12.5. The average Bonchev–Trinajstić information content (AvgIpc) is 1.97. The lowest BCUT2D eigenvalue weighted by atomic mass is 9.83. The Kier molecular flexibility index (Phi) is 4.58. The molecular formula is C12H23NO2. The number of carbonyl (C=O) groups is 1. The molecule has 0 aromatic rings. The fourth-order valence-corrected chi connectivity index (χ4v) is 1.99. The molecule has 1 rings (SSSR count). The molecule has 15 heavy (non-hydrogen) atoms. The Bertz CT molecular complexity index is 210. The molecule has 0 atom stereocenters. The summed E-state index contributed by atoms with van der Waals surface area (Å²) in [5.74, 6) is 0.223. The lowest BCUT2D eigenvalue weighted by Gasteiger charge is -2.27. The first-order valence-corrected chi connectivity index (χ1v) is 5.92. The van der Waals surface area contributed by atoms with Gasteiger partial charge in [0.05, 0.1) is 6.42 Å². The highest BCUT2D eigenvalue weighted by Crippen LogP contribution is 2.28. The van der Waals surface area contributed by atoms with Crippen LogP contribution in [0.1, 0.15) is 46.0 Å². The van der Waals surface area contributed by atoms with Gasteiger partial charge in [-0.05, 0) is 24.3 Å². The maximum absolute atomic E-state index is 10.6. The molecular weight excluding hydrogens is 190 g/mol. The van der Waals surface area contributed by atoms with Crippen molar-refractivity contribution < 1.29 is 9.90 Å². The van der Waals surface area contributed by atoms with E-state index in [9.17, 15) is 4.79 Å². The molecule has 1 aliphatic carbocycles. The van der Waals surface area contributed by atoms with Crippen LogP contribution in [0.25, 0.3) is 0 Å². The molecule has 0 aliphatic heterocycles. The topological polar surface area (TPSA) is 49.3 Å². The molecule has 0 amide bonds. The summed E-state index contributed by atoms with van der Waals surface area (Å²) in [7, 11) is 0. The second-order valence-electron chi connectivity index (χ2n) is 5.50. The van der Waals surface area contributed by atoms with Gasteiger partial charge in [0.2, 0.25) is 0 Å². The summed E-state index contributed by atoms with van der Waals surface area (Å²) in [4.78, 5) is 10.6. The van der Waals surface area contributed by atoms with Crippen LogP contribution in [0, 0.1) is 11.3 Å². The van der Waals surface area contributed by atoms with Gasteiger partial charge < -0.3 is 10.4 Å². The van der Waals surface area contributed by atoms with Crippen molar-refractivity contribution in [3.05, 3.63) is 0 Å². The summed E-state index contributed by atoms with van der Waals surface area (Å²) in [5, 5.41) is 12.1. The van der Waals surface area contributed by atoms with Crippen molar-refractivity contribution in [2.75, 3.05) is 13.1 Å². The maximum atomic E-state index is 10.6. The summed E-state index contributed by atoms with van der Waals surface area (Å²) >= 11 is 0. The summed E-state index contributed by atoms with van der Waals surface area (Å²) in [6.45, 7) is 5.83. The van der Waals surface area contributed by atoms with Crippen LogP contribution in [0.3, 0.4) is 0 Å². The number of aliphatic carboxylic acids is 1. The van der Waals surface area contributed by atoms with Crippen molar-refractivity contribution >= 4 is 5.97 Å². The molecule has 0 spiro atoms. The molecule has 0 aromatic heterocycles. The van der Waals surface area contributed by atoms with Gasteiger partial charge in [-0.2, -0.15) is 0 Å². The van der Waals surface area contributed by atoms with Gasteiger partial charge >= 0.3 is 5.97 Å². The fraction of sp³-hybridized carbons (Fsp3) is 0.917. The molecule has 1 fully saturated rings. The van der Waals surface area contributed by atoms with E-state index in [0.717, 1.165) is 19.0 Å². The van der Waals surface area contributed by atoms with Crippen LogP contribution in [0.4, 0.5) is 0 Å².